The first-order chi connectivity index (χ1) is 11.5. The van der Waals surface area contributed by atoms with Crippen LogP contribution in [0.15, 0.2) is 41.5 Å². The van der Waals surface area contributed by atoms with E-state index in [1.807, 2.05) is 6.92 Å². The molecule has 0 aliphatic carbocycles. The number of nitrogens with one attached hydrogen (secondary N) is 1. The molecule has 0 saturated heterocycles. The molecule has 0 aliphatic rings. The smallest absolute Gasteiger partial charge is 0.277 e. The Bertz CT molecular complexity index is 762. The monoisotopic (exact) mass is 348 g/mol. The molecule has 0 fully saturated rings. The van der Waals surface area contributed by atoms with Crippen LogP contribution < -0.4 is 14.9 Å². The minimum absolute atomic E-state index is 0.0500. The van der Waals surface area contributed by atoms with Gasteiger partial charge in [-0.05, 0) is 42.8 Å². The van der Waals surface area contributed by atoms with E-state index in [0.29, 0.717) is 22.1 Å². The highest BCUT2D eigenvalue weighted by molar-refractivity contribution is 6.30. The molecular weight excluding hydrogens is 332 g/mol. The van der Waals surface area contributed by atoms with Crippen molar-refractivity contribution in [1.29, 1.82) is 0 Å². The van der Waals surface area contributed by atoms with E-state index in [1.54, 1.807) is 36.4 Å². The maximum atomic E-state index is 11.7. The summed E-state index contributed by atoms with van der Waals surface area (Å²) in [5, 5.41) is 14.3. The van der Waals surface area contributed by atoms with Crippen LogP contribution in [0.4, 0.5) is 0 Å². The zero-order valence-corrected chi connectivity index (χ0v) is 14.0. The number of halogens is 1. The lowest BCUT2D eigenvalue weighted by Gasteiger charge is -2.08. The molecular formula is C17H17ClN2O4. The van der Waals surface area contributed by atoms with Gasteiger partial charge in [-0.3, -0.25) is 4.79 Å². The predicted molar refractivity (Wildman–Crippen MR) is 92.1 cm³/mol. The van der Waals surface area contributed by atoms with Crippen molar-refractivity contribution >= 4 is 23.7 Å². The number of para-hydroxylation sites is 1. The number of amides is 1. The summed E-state index contributed by atoms with van der Waals surface area (Å²) in [6.07, 6.45) is 1.32. The van der Waals surface area contributed by atoms with Gasteiger partial charge in [0.1, 0.15) is 5.75 Å². The van der Waals surface area contributed by atoms with Crippen LogP contribution in [0.5, 0.6) is 17.2 Å². The highest BCUT2D eigenvalue weighted by Crippen LogP contribution is 2.27. The van der Waals surface area contributed by atoms with Crippen LogP contribution in [0.1, 0.15) is 11.1 Å². The van der Waals surface area contributed by atoms with Gasteiger partial charge >= 0.3 is 0 Å². The molecule has 0 aliphatic heterocycles. The van der Waals surface area contributed by atoms with E-state index in [-0.39, 0.29) is 12.4 Å². The second-order valence-corrected chi connectivity index (χ2v) is 5.33. The number of aromatic hydroxyl groups is 1. The summed E-state index contributed by atoms with van der Waals surface area (Å²) in [6, 6.07) is 10.1. The Morgan fingerprint density at radius 2 is 2.12 bits per heavy atom. The van der Waals surface area contributed by atoms with Crippen LogP contribution in [-0.2, 0) is 4.79 Å². The second kappa shape index (κ2) is 8.21. The molecule has 0 saturated carbocycles. The van der Waals surface area contributed by atoms with Crippen LogP contribution in [0.2, 0.25) is 5.02 Å². The highest BCUT2D eigenvalue weighted by Gasteiger charge is 2.06. The average molecular weight is 349 g/mol. The third-order valence-electron chi connectivity index (χ3n) is 3.14. The summed E-state index contributed by atoms with van der Waals surface area (Å²) >= 11 is 5.86. The van der Waals surface area contributed by atoms with Crippen molar-refractivity contribution in [3.05, 3.63) is 52.5 Å². The van der Waals surface area contributed by atoms with Gasteiger partial charge in [0, 0.05) is 10.6 Å². The number of phenolic OH excluding ortho intramolecular Hbond substituents is 1. The number of rotatable bonds is 6. The van der Waals surface area contributed by atoms with Gasteiger partial charge in [-0.1, -0.05) is 17.7 Å². The van der Waals surface area contributed by atoms with Gasteiger partial charge in [0.05, 0.1) is 13.3 Å². The van der Waals surface area contributed by atoms with E-state index in [0.717, 1.165) is 5.56 Å². The number of aryl methyl sites for hydroxylation is 1. The summed E-state index contributed by atoms with van der Waals surface area (Å²) < 4.78 is 10.4. The lowest BCUT2D eigenvalue weighted by molar-refractivity contribution is -0.123. The normalized spacial score (nSPS) is 10.6. The molecule has 24 heavy (non-hydrogen) atoms. The molecule has 1 amide bonds. The van der Waals surface area contributed by atoms with Crippen molar-refractivity contribution in [2.45, 2.75) is 6.92 Å². The Kier molecular flexibility index (Phi) is 6.03. The number of hydrogen-bond acceptors (Lipinski definition) is 5. The molecule has 0 spiro atoms. The van der Waals surface area contributed by atoms with Crippen molar-refractivity contribution in [2.24, 2.45) is 5.10 Å². The number of carbonyl (C=O) groups is 1. The summed E-state index contributed by atoms with van der Waals surface area (Å²) in [6.45, 7) is 1.65. The molecule has 7 heteroatoms. The van der Waals surface area contributed by atoms with Gasteiger partial charge in [0.15, 0.2) is 18.1 Å². The first-order valence-electron chi connectivity index (χ1n) is 7.08. The summed E-state index contributed by atoms with van der Waals surface area (Å²) in [5.74, 6) is 0.421. The molecule has 0 bridgehead atoms. The van der Waals surface area contributed by atoms with E-state index >= 15 is 0 Å². The average Bonchev–Trinajstić information content (AvgIpc) is 2.55. The SMILES string of the molecule is COc1cccc(C=NNC(=O)COc2ccc(Cl)cc2C)c1O. The fourth-order valence-electron chi connectivity index (χ4n) is 1.93. The van der Waals surface area contributed by atoms with Gasteiger partial charge in [0.2, 0.25) is 0 Å². The maximum Gasteiger partial charge on any atom is 0.277 e. The highest BCUT2D eigenvalue weighted by atomic mass is 35.5. The quantitative estimate of drug-likeness (QED) is 0.621. The molecule has 0 heterocycles. The molecule has 2 aromatic carbocycles. The lowest BCUT2D eigenvalue weighted by atomic mass is 10.2. The van der Waals surface area contributed by atoms with Gasteiger partial charge in [0.25, 0.3) is 5.91 Å². The summed E-state index contributed by atoms with van der Waals surface area (Å²) in [4.78, 5) is 11.7. The Hall–Kier alpha value is -2.73. The zero-order valence-electron chi connectivity index (χ0n) is 13.2. The van der Waals surface area contributed by atoms with Gasteiger partial charge in [-0.25, -0.2) is 5.43 Å². The van der Waals surface area contributed by atoms with Gasteiger partial charge in [-0.15, -0.1) is 0 Å². The number of hydrazone groups is 1. The Morgan fingerprint density at radius 1 is 1.33 bits per heavy atom. The number of hydrogen-bond donors (Lipinski definition) is 2. The topological polar surface area (TPSA) is 80.2 Å². The number of phenols is 1. The number of methoxy groups -OCH3 is 1. The van der Waals surface area contributed by atoms with Crippen molar-refractivity contribution in [3.63, 3.8) is 0 Å². The molecule has 2 rings (SSSR count). The van der Waals surface area contributed by atoms with Gasteiger partial charge < -0.3 is 14.6 Å². The zero-order chi connectivity index (χ0) is 17.5. The molecule has 6 nitrogen and oxygen atoms in total. The first kappa shape index (κ1) is 17.6. The standard InChI is InChI=1S/C17H17ClN2O4/c1-11-8-13(18)6-7-14(11)24-10-16(21)20-19-9-12-4-3-5-15(23-2)17(12)22/h3-9,22H,10H2,1-2H3,(H,20,21). The Balaban J connectivity index is 1.89. The van der Waals surface area contributed by atoms with Gasteiger partial charge in [-0.2, -0.15) is 5.10 Å². The van der Waals surface area contributed by atoms with E-state index in [1.165, 1.54) is 13.3 Å². The summed E-state index contributed by atoms with van der Waals surface area (Å²) in [5.41, 5.74) is 3.58. The van der Waals surface area contributed by atoms with Crippen LogP contribution >= 0.6 is 11.6 Å². The third-order valence-corrected chi connectivity index (χ3v) is 3.37. The molecule has 2 aromatic rings. The van der Waals surface area contributed by atoms with Crippen LogP contribution in [-0.4, -0.2) is 30.9 Å². The predicted octanol–water partition coefficient (Wildman–Crippen LogP) is 2.89. The van der Waals surface area contributed by atoms with Crippen LogP contribution in [0.25, 0.3) is 0 Å². The number of ether oxygens (including phenoxy) is 2. The number of benzene rings is 2. The largest absolute Gasteiger partial charge is 0.504 e. The fraction of sp³-hybridized carbons (Fsp3) is 0.176. The van der Waals surface area contributed by atoms with Crippen molar-refractivity contribution < 1.29 is 19.4 Å². The molecule has 0 atom stereocenters. The number of nitrogens with zero attached hydrogens (tertiary/aromatic N) is 1. The van der Waals surface area contributed by atoms with E-state index in [9.17, 15) is 9.90 Å². The molecule has 0 radical (unpaired) electrons. The third kappa shape index (κ3) is 4.63. The Morgan fingerprint density at radius 3 is 2.83 bits per heavy atom. The number of carbonyl (C=O) groups excluding carboxylic acids is 1. The molecule has 2 N–H and O–H groups in total. The maximum absolute atomic E-state index is 11.7. The van der Waals surface area contributed by atoms with E-state index < -0.39 is 5.91 Å². The second-order valence-electron chi connectivity index (χ2n) is 4.89. The minimum Gasteiger partial charge on any atom is -0.504 e. The molecule has 0 aromatic heterocycles. The fourth-order valence-corrected chi connectivity index (χ4v) is 2.16. The van der Waals surface area contributed by atoms with Crippen molar-refractivity contribution in [3.8, 4) is 17.2 Å². The van der Waals surface area contributed by atoms with Crippen molar-refractivity contribution in [1.82, 2.24) is 5.43 Å². The van der Waals surface area contributed by atoms with Crippen LogP contribution in [0, 0.1) is 6.92 Å². The van der Waals surface area contributed by atoms with Crippen LogP contribution in [0.3, 0.4) is 0 Å². The lowest BCUT2D eigenvalue weighted by Crippen LogP contribution is -2.24. The van der Waals surface area contributed by atoms with Crippen molar-refractivity contribution in [2.75, 3.05) is 13.7 Å². The molecule has 126 valence electrons. The summed E-state index contributed by atoms with van der Waals surface area (Å²) in [7, 11) is 1.45. The first-order valence-corrected chi connectivity index (χ1v) is 7.46. The minimum atomic E-state index is -0.428. The van der Waals surface area contributed by atoms with E-state index in [4.69, 9.17) is 21.1 Å². The van der Waals surface area contributed by atoms with E-state index in [2.05, 4.69) is 10.5 Å². The Labute approximate surface area is 144 Å². The molecule has 0 unspecified atom stereocenters.